The van der Waals surface area contributed by atoms with Gasteiger partial charge < -0.3 is 5.32 Å². The van der Waals surface area contributed by atoms with Crippen molar-refractivity contribution in [2.45, 2.75) is 23.9 Å². The maximum atomic E-state index is 12.7. The molecule has 3 aromatic carbocycles. The van der Waals surface area contributed by atoms with Crippen molar-refractivity contribution in [3.63, 3.8) is 0 Å². The minimum atomic E-state index is -3.64. The molecule has 164 valence electrons. The van der Waals surface area contributed by atoms with Gasteiger partial charge in [-0.05, 0) is 47.4 Å². The van der Waals surface area contributed by atoms with E-state index in [1.54, 1.807) is 44.3 Å². The first-order valence-electron chi connectivity index (χ1n) is 10.1. The molecule has 1 saturated heterocycles. The summed E-state index contributed by atoms with van der Waals surface area (Å²) in [6.45, 7) is 1.88. The monoisotopic (exact) mass is 448 g/mol. The van der Waals surface area contributed by atoms with E-state index in [4.69, 9.17) is 5.41 Å². The number of carbonyl (C=O) groups excluding carboxylic acids is 1. The molecule has 0 aliphatic carbocycles. The molecule has 1 aliphatic heterocycles. The van der Waals surface area contributed by atoms with Gasteiger partial charge in [0.1, 0.15) is 5.54 Å². The Morgan fingerprint density at radius 1 is 1.00 bits per heavy atom. The molecule has 0 aromatic heterocycles. The zero-order chi connectivity index (χ0) is 22.9. The Labute approximate surface area is 187 Å². The molecule has 1 fully saturated rings. The number of sulfonamides is 1. The van der Waals surface area contributed by atoms with Crippen LogP contribution in [0.5, 0.6) is 0 Å². The van der Waals surface area contributed by atoms with Crippen molar-refractivity contribution in [1.82, 2.24) is 14.9 Å². The zero-order valence-electron chi connectivity index (χ0n) is 17.8. The molecule has 0 bridgehead atoms. The van der Waals surface area contributed by atoms with Crippen LogP contribution in [-0.2, 0) is 26.9 Å². The number of hydrogen-bond acceptors (Lipinski definition) is 4. The molecule has 1 aliphatic rings. The fraction of sp³-hybridized carbons (Fsp3) is 0.167. The van der Waals surface area contributed by atoms with Crippen molar-refractivity contribution in [2.24, 2.45) is 0 Å². The average molecular weight is 449 g/mol. The summed E-state index contributed by atoms with van der Waals surface area (Å²) < 4.78 is 27.9. The van der Waals surface area contributed by atoms with Crippen LogP contribution >= 0.6 is 0 Å². The van der Waals surface area contributed by atoms with Gasteiger partial charge in [-0.3, -0.25) is 15.1 Å². The molecular weight excluding hydrogens is 424 g/mol. The second kappa shape index (κ2) is 8.22. The van der Waals surface area contributed by atoms with Gasteiger partial charge in [0.2, 0.25) is 10.0 Å². The lowest BCUT2D eigenvalue weighted by Crippen LogP contribution is -2.40. The maximum absolute atomic E-state index is 12.7. The molecule has 1 amide bonds. The van der Waals surface area contributed by atoms with E-state index in [-0.39, 0.29) is 23.3 Å². The SMILES string of the molecule is CN1C(=N)NC(C)(c2cccc(-c3ccccc3CNS(=O)(=O)c3ccccc3)c2)C1=O. The van der Waals surface area contributed by atoms with Gasteiger partial charge in [-0.25, -0.2) is 13.1 Å². The molecule has 1 unspecified atom stereocenters. The zero-order valence-corrected chi connectivity index (χ0v) is 18.6. The topological polar surface area (TPSA) is 102 Å². The first-order chi connectivity index (χ1) is 15.2. The van der Waals surface area contributed by atoms with Crippen LogP contribution < -0.4 is 10.0 Å². The van der Waals surface area contributed by atoms with Gasteiger partial charge in [-0.1, -0.05) is 60.7 Å². The number of carbonyl (C=O) groups is 1. The number of likely N-dealkylation sites (N-methyl/N-ethyl adjacent to an activating group) is 1. The molecule has 7 nitrogen and oxygen atoms in total. The third kappa shape index (κ3) is 3.90. The summed E-state index contributed by atoms with van der Waals surface area (Å²) in [7, 11) is -2.07. The summed E-state index contributed by atoms with van der Waals surface area (Å²) in [4.78, 5) is 14.2. The van der Waals surface area contributed by atoms with Crippen molar-refractivity contribution >= 4 is 21.9 Å². The third-order valence-corrected chi connectivity index (χ3v) is 7.13. The molecule has 8 heteroatoms. The first kappa shape index (κ1) is 21.7. The molecule has 1 heterocycles. The number of nitrogens with one attached hydrogen (secondary N) is 3. The summed E-state index contributed by atoms with van der Waals surface area (Å²) in [5.74, 6) is -0.151. The van der Waals surface area contributed by atoms with E-state index >= 15 is 0 Å². The predicted octanol–water partition coefficient (Wildman–Crippen LogP) is 3.04. The minimum Gasteiger partial charge on any atom is -0.338 e. The minimum absolute atomic E-state index is 0.0543. The largest absolute Gasteiger partial charge is 0.338 e. The van der Waals surface area contributed by atoms with Gasteiger partial charge >= 0.3 is 0 Å². The van der Waals surface area contributed by atoms with E-state index in [9.17, 15) is 13.2 Å². The highest BCUT2D eigenvalue weighted by atomic mass is 32.2. The smallest absolute Gasteiger partial charge is 0.259 e. The quantitative estimate of drug-likeness (QED) is 0.539. The van der Waals surface area contributed by atoms with Crippen molar-refractivity contribution in [1.29, 1.82) is 5.41 Å². The van der Waals surface area contributed by atoms with E-state index in [1.165, 1.54) is 4.90 Å². The van der Waals surface area contributed by atoms with Gasteiger partial charge in [0.15, 0.2) is 5.96 Å². The maximum Gasteiger partial charge on any atom is 0.259 e. The van der Waals surface area contributed by atoms with Crippen LogP contribution in [0.25, 0.3) is 11.1 Å². The summed E-state index contributed by atoms with van der Waals surface area (Å²) in [5.41, 5.74) is 2.22. The number of amides is 1. The van der Waals surface area contributed by atoms with Gasteiger partial charge in [-0.15, -0.1) is 0 Å². The van der Waals surface area contributed by atoms with E-state index in [1.807, 2.05) is 48.5 Å². The van der Waals surface area contributed by atoms with Crippen LogP contribution in [0.4, 0.5) is 0 Å². The second-order valence-electron chi connectivity index (χ2n) is 7.84. The number of nitrogens with zero attached hydrogens (tertiary/aromatic N) is 1. The van der Waals surface area contributed by atoms with Crippen LogP contribution in [0.2, 0.25) is 0 Å². The van der Waals surface area contributed by atoms with Crippen LogP contribution in [0.3, 0.4) is 0 Å². The van der Waals surface area contributed by atoms with E-state index in [0.717, 1.165) is 22.3 Å². The average Bonchev–Trinajstić information content (AvgIpc) is 3.02. The Kier molecular flexibility index (Phi) is 5.58. The van der Waals surface area contributed by atoms with Crippen LogP contribution in [0.15, 0.2) is 83.8 Å². The lowest BCUT2D eigenvalue weighted by atomic mass is 9.89. The molecule has 0 saturated carbocycles. The molecule has 3 N–H and O–H groups in total. The highest BCUT2D eigenvalue weighted by Gasteiger charge is 2.45. The predicted molar refractivity (Wildman–Crippen MR) is 123 cm³/mol. The molecule has 32 heavy (non-hydrogen) atoms. The lowest BCUT2D eigenvalue weighted by Gasteiger charge is -2.23. The summed E-state index contributed by atoms with van der Waals surface area (Å²) >= 11 is 0. The normalized spacial score (nSPS) is 18.6. The van der Waals surface area contributed by atoms with Crippen molar-refractivity contribution in [3.8, 4) is 11.1 Å². The Hall–Kier alpha value is -3.49. The van der Waals surface area contributed by atoms with Crippen molar-refractivity contribution in [2.75, 3.05) is 7.05 Å². The molecule has 0 spiro atoms. The van der Waals surface area contributed by atoms with E-state index in [0.29, 0.717) is 0 Å². The standard InChI is InChI=1S/C24H24N4O3S/c1-24(22(29)28(2)23(25)27-24)19-11-8-10-17(15-19)21-14-7-6-9-18(21)16-26-32(30,31)20-12-4-3-5-13-20/h3-15,26H,16H2,1-2H3,(H2,25,27). The number of hydrogen-bond donors (Lipinski definition) is 3. The fourth-order valence-electron chi connectivity index (χ4n) is 3.82. The highest BCUT2D eigenvalue weighted by molar-refractivity contribution is 7.89. The molecule has 0 radical (unpaired) electrons. The Morgan fingerprint density at radius 2 is 1.69 bits per heavy atom. The summed E-state index contributed by atoms with van der Waals surface area (Å²) in [6.07, 6.45) is 0. The van der Waals surface area contributed by atoms with Gasteiger partial charge in [0, 0.05) is 13.6 Å². The second-order valence-corrected chi connectivity index (χ2v) is 9.61. The van der Waals surface area contributed by atoms with Crippen molar-refractivity contribution < 1.29 is 13.2 Å². The van der Waals surface area contributed by atoms with Crippen LogP contribution in [0.1, 0.15) is 18.1 Å². The Balaban J connectivity index is 1.65. The molecule has 1 atom stereocenters. The fourth-order valence-corrected chi connectivity index (χ4v) is 4.84. The Bertz CT molecular complexity index is 1290. The number of rotatable bonds is 6. The van der Waals surface area contributed by atoms with Crippen LogP contribution in [-0.4, -0.2) is 32.2 Å². The molecule has 4 rings (SSSR count). The van der Waals surface area contributed by atoms with E-state index < -0.39 is 15.6 Å². The lowest BCUT2D eigenvalue weighted by molar-refractivity contribution is -0.129. The summed E-state index contributed by atoms with van der Waals surface area (Å²) in [5, 5.41) is 10.9. The van der Waals surface area contributed by atoms with Crippen molar-refractivity contribution in [3.05, 3.63) is 90.0 Å². The number of guanidine groups is 1. The van der Waals surface area contributed by atoms with Gasteiger partial charge in [-0.2, -0.15) is 0 Å². The summed E-state index contributed by atoms with van der Waals surface area (Å²) in [6, 6.07) is 23.3. The number of benzene rings is 3. The highest BCUT2D eigenvalue weighted by Crippen LogP contribution is 2.32. The van der Waals surface area contributed by atoms with Gasteiger partial charge in [0.25, 0.3) is 5.91 Å². The Morgan fingerprint density at radius 3 is 2.38 bits per heavy atom. The molecule has 3 aromatic rings. The third-order valence-electron chi connectivity index (χ3n) is 5.71. The first-order valence-corrected chi connectivity index (χ1v) is 11.6. The molecular formula is C24H24N4O3S. The van der Waals surface area contributed by atoms with E-state index in [2.05, 4.69) is 10.0 Å². The van der Waals surface area contributed by atoms with Gasteiger partial charge in [0.05, 0.1) is 4.90 Å². The van der Waals surface area contributed by atoms with Crippen LogP contribution in [0, 0.1) is 5.41 Å².